The summed E-state index contributed by atoms with van der Waals surface area (Å²) >= 11 is 5.80. The van der Waals surface area contributed by atoms with E-state index in [1.807, 2.05) is 0 Å². The summed E-state index contributed by atoms with van der Waals surface area (Å²) in [6.07, 6.45) is -0.514. The maximum atomic E-state index is 13.0. The van der Waals surface area contributed by atoms with Gasteiger partial charge in [0.15, 0.2) is 11.2 Å². The number of aliphatic hydroxyl groups is 1. The topological polar surface area (TPSA) is 85.8 Å². The molecule has 0 amide bonds. The highest BCUT2D eigenvalue weighted by molar-refractivity contribution is 6.31. The van der Waals surface area contributed by atoms with Gasteiger partial charge in [0.1, 0.15) is 16.8 Å². The Bertz CT molecular complexity index is 1170. The van der Waals surface area contributed by atoms with E-state index in [0.29, 0.717) is 0 Å². The number of hydrogen-bond acceptors (Lipinski definition) is 5. The molecule has 29 heavy (non-hydrogen) atoms. The van der Waals surface area contributed by atoms with E-state index >= 15 is 0 Å². The lowest BCUT2D eigenvalue weighted by molar-refractivity contribution is -0.141. The number of hydrogen-bond donors (Lipinski definition) is 1. The van der Waals surface area contributed by atoms with E-state index in [2.05, 4.69) is 15.1 Å². The third-order valence-corrected chi connectivity index (χ3v) is 5.49. The van der Waals surface area contributed by atoms with Crippen molar-refractivity contribution < 1.29 is 18.3 Å². The molecule has 0 aromatic carbocycles. The molecule has 1 atom stereocenters. The van der Waals surface area contributed by atoms with Crippen LogP contribution in [-0.2, 0) is 18.8 Å². The van der Waals surface area contributed by atoms with Crippen LogP contribution >= 0.6 is 11.6 Å². The Balaban J connectivity index is 1.90. The van der Waals surface area contributed by atoms with Crippen molar-refractivity contribution in [3.63, 3.8) is 0 Å². The molecule has 0 spiro atoms. The van der Waals surface area contributed by atoms with Crippen LogP contribution in [0.3, 0.4) is 0 Å². The monoisotopic (exact) mass is 427 g/mol. The van der Waals surface area contributed by atoms with E-state index in [0.717, 1.165) is 25.1 Å². The summed E-state index contributed by atoms with van der Waals surface area (Å²) in [7, 11) is 1.54. The minimum absolute atomic E-state index is 0.0519. The van der Waals surface area contributed by atoms with Gasteiger partial charge in [-0.25, -0.2) is 9.97 Å². The second kappa shape index (κ2) is 6.53. The minimum Gasteiger partial charge on any atom is -0.379 e. The van der Waals surface area contributed by atoms with Gasteiger partial charge in [-0.1, -0.05) is 18.5 Å². The molecule has 1 fully saturated rings. The Morgan fingerprint density at radius 1 is 1.28 bits per heavy atom. The van der Waals surface area contributed by atoms with Crippen molar-refractivity contribution in [1.29, 1.82) is 0 Å². The molecule has 1 aliphatic carbocycles. The van der Waals surface area contributed by atoms with Crippen molar-refractivity contribution in [2.24, 2.45) is 7.05 Å². The quantitative estimate of drug-likeness (QED) is 0.691. The van der Waals surface area contributed by atoms with Crippen molar-refractivity contribution in [2.75, 3.05) is 0 Å². The van der Waals surface area contributed by atoms with Crippen molar-refractivity contribution >= 4 is 22.6 Å². The van der Waals surface area contributed by atoms with Crippen molar-refractivity contribution in [1.82, 2.24) is 24.3 Å². The molecule has 3 aromatic heterocycles. The van der Waals surface area contributed by atoms with Gasteiger partial charge in [-0.05, 0) is 25.3 Å². The number of pyridine rings is 1. The maximum absolute atomic E-state index is 13.0. The predicted octanol–water partition coefficient (Wildman–Crippen LogP) is 3.18. The summed E-state index contributed by atoms with van der Waals surface area (Å²) in [5.41, 5.74) is -2.83. The average Bonchev–Trinajstić information content (AvgIpc) is 3.42. The van der Waals surface area contributed by atoms with Crippen LogP contribution in [-0.4, -0.2) is 29.4 Å². The molecule has 3 heterocycles. The molecule has 0 saturated heterocycles. The smallest absolute Gasteiger partial charge is 0.379 e. The zero-order valence-corrected chi connectivity index (χ0v) is 16.3. The largest absolute Gasteiger partial charge is 0.434 e. The second-order valence-corrected chi connectivity index (χ2v) is 7.53. The van der Waals surface area contributed by atoms with Gasteiger partial charge in [0.2, 0.25) is 0 Å². The molecular formula is C18H17ClF3N5O2. The van der Waals surface area contributed by atoms with Crippen LogP contribution < -0.4 is 5.56 Å². The third kappa shape index (κ3) is 3.10. The van der Waals surface area contributed by atoms with E-state index < -0.39 is 22.5 Å². The first-order valence-corrected chi connectivity index (χ1v) is 9.35. The zero-order chi connectivity index (χ0) is 21.1. The van der Waals surface area contributed by atoms with Gasteiger partial charge in [0.25, 0.3) is 5.56 Å². The highest BCUT2D eigenvalue weighted by atomic mass is 35.5. The highest BCUT2D eigenvalue weighted by Gasteiger charge is 2.40. The molecule has 4 rings (SSSR count). The van der Waals surface area contributed by atoms with Gasteiger partial charge in [-0.3, -0.25) is 14.0 Å². The van der Waals surface area contributed by atoms with Crippen LogP contribution in [0.1, 0.15) is 49.2 Å². The van der Waals surface area contributed by atoms with E-state index in [1.165, 1.54) is 22.6 Å². The van der Waals surface area contributed by atoms with Gasteiger partial charge in [0.05, 0.1) is 11.3 Å². The first-order valence-electron chi connectivity index (χ1n) is 8.97. The fraction of sp³-hybridized carbons (Fsp3) is 0.444. The summed E-state index contributed by atoms with van der Waals surface area (Å²) in [5, 5.41) is 15.0. The van der Waals surface area contributed by atoms with Gasteiger partial charge >= 0.3 is 6.18 Å². The van der Waals surface area contributed by atoms with Crippen LogP contribution in [0.4, 0.5) is 13.2 Å². The third-order valence-electron chi connectivity index (χ3n) is 5.20. The molecule has 0 aliphatic heterocycles. The molecule has 0 radical (unpaired) electrons. The average molecular weight is 428 g/mol. The number of rotatable bonds is 4. The Morgan fingerprint density at radius 2 is 1.97 bits per heavy atom. The van der Waals surface area contributed by atoms with Gasteiger partial charge in [0, 0.05) is 24.8 Å². The maximum Gasteiger partial charge on any atom is 0.434 e. The van der Waals surface area contributed by atoms with E-state index in [1.54, 1.807) is 6.92 Å². The second-order valence-electron chi connectivity index (χ2n) is 7.12. The molecule has 0 bridgehead atoms. The normalized spacial score (nSPS) is 16.9. The molecular weight excluding hydrogens is 411 g/mol. The Labute approximate surface area is 167 Å². The molecule has 7 nitrogen and oxygen atoms in total. The zero-order valence-electron chi connectivity index (χ0n) is 15.5. The molecule has 154 valence electrons. The number of aromatic nitrogens is 5. The number of alkyl halides is 3. The van der Waals surface area contributed by atoms with Crippen LogP contribution in [0, 0.1) is 0 Å². The fourth-order valence-electron chi connectivity index (χ4n) is 3.53. The van der Waals surface area contributed by atoms with Crippen LogP contribution in [0.2, 0.25) is 5.02 Å². The highest BCUT2D eigenvalue weighted by Crippen LogP contribution is 2.40. The standard InChI is InChI=1S/C18H17ClF3N5O2/c1-3-17(29,9-6-11(19)14(23-7-9)18(20,21)22)15-12-13(25-26(15)2)16(28)27(8-24-12)10-4-5-10/h6-8,10,29H,3-5H2,1-2H3/t17-/m0/s1. The summed E-state index contributed by atoms with van der Waals surface area (Å²) in [6, 6.07) is 1.14. The fourth-order valence-corrected chi connectivity index (χ4v) is 3.80. The lowest BCUT2D eigenvalue weighted by atomic mass is 9.88. The first kappa shape index (κ1) is 19.8. The first-order chi connectivity index (χ1) is 13.6. The number of aryl methyl sites for hydroxylation is 1. The van der Waals surface area contributed by atoms with Gasteiger partial charge in [-0.15, -0.1) is 0 Å². The molecule has 1 saturated carbocycles. The Morgan fingerprint density at radius 3 is 2.52 bits per heavy atom. The lowest BCUT2D eigenvalue weighted by Gasteiger charge is -2.28. The lowest BCUT2D eigenvalue weighted by Crippen LogP contribution is -2.30. The van der Waals surface area contributed by atoms with Gasteiger partial charge < -0.3 is 5.11 Å². The number of fused-ring (bicyclic) bond motifs is 1. The Kier molecular flexibility index (Phi) is 4.47. The number of halogens is 4. The molecule has 1 N–H and O–H groups in total. The summed E-state index contributed by atoms with van der Waals surface area (Å²) < 4.78 is 41.8. The van der Waals surface area contributed by atoms with E-state index in [-0.39, 0.29) is 40.3 Å². The molecule has 0 unspecified atom stereocenters. The number of nitrogens with zero attached hydrogens (tertiary/aromatic N) is 5. The predicted molar refractivity (Wildman–Crippen MR) is 98.6 cm³/mol. The summed E-state index contributed by atoms with van der Waals surface area (Å²) in [6.45, 7) is 1.65. The molecule has 1 aliphatic rings. The van der Waals surface area contributed by atoms with Gasteiger partial charge in [-0.2, -0.15) is 18.3 Å². The van der Waals surface area contributed by atoms with Crippen molar-refractivity contribution in [2.45, 2.75) is 44.0 Å². The van der Waals surface area contributed by atoms with Crippen LogP contribution in [0.15, 0.2) is 23.4 Å². The summed E-state index contributed by atoms with van der Waals surface area (Å²) in [4.78, 5) is 20.5. The van der Waals surface area contributed by atoms with Crippen LogP contribution in [0.25, 0.3) is 11.0 Å². The van der Waals surface area contributed by atoms with Crippen molar-refractivity contribution in [3.8, 4) is 0 Å². The van der Waals surface area contributed by atoms with Crippen LogP contribution in [0.5, 0.6) is 0 Å². The van der Waals surface area contributed by atoms with Crippen molar-refractivity contribution in [3.05, 3.63) is 50.9 Å². The van der Waals surface area contributed by atoms with E-state index in [4.69, 9.17) is 11.6 Å². The molecule has 11 heteroatoms. The Hall–Kier alpha value is -2.46. The SMILES string of the molecule is CC[C@](O)(c1cnc(C(F)(F)F)c(Cl)c1)c1c2ncn(C3CC3)c(=O)c2nn1C. The summed E-state index contributed by atoms with van der Waals surface area (Å²) in [5.74, 6) is 0. The minimum atomic E-state index is -4.71. The van der Waals surface area contributed by atoms with E-state index in [9.17, 15) is 23.1 Å². The molecule has 3 aromatic rings.